The summed E-state index contributed by atoms with van der Waals surface area (Å²) in [4.78, 5) is 0.456. The normalized spacial score (nSPS) is 18.9. The lowest BCUT2D eigenvalue weighted by molar-refractivity contribution is 0.121. The topological polar surface area (TPSA) is 9.23 Å². The molecule has 2 unspecified atom stereocenters. The van der Waals surface area contributed by atoms with E-state index in [0.717, 1.165) is 0 Å². The van der Waals surface area contributed by atoms with Crippen LogP contribution in [0.1, 0.15) is 13.8 Å². The lowest BCUT2D eigenvalue weighted by Crippen LogP contribution is -2.14. The summed E-state index contributed by atoms with van der Waals surface area (Å²) in [5.41, 5.74) is 0. The van der Waals surface area contributed by atoms with Gasteiger partial charge in [-0.25, -0.2) is 0 Å². The van der Waals surface area contributed by atoms with Gasteiger partial charge in [0.2, 0.25) is 0 Å². The number of hydrogen-bond donors (Lipinski definition) is 0. The van der Waals surface area contributed by atoms with E-state index in [1.807, 2.05) is 6.92 Å². The van der Waals surface area contributed by atoms with Crippen molar-refractivity contribution >= 4 is 15.9 Å². The predicted octanol–water partition coefficient (Wildman–Crippen LogP) is 1.80. The molecule has 2 heteroatoms. The second-order valence-corrected chi connectivity index (χ2v) is 3.06. The zero-order chi connectivity index (χ0) is 5.86. The van der Waals surface area contributed by atoms with Gasteiger partial charge >= 0.3 is 0 Å². The van der Waals surface area contributed by atoms with Gasteiger partial charge in [-0.05, 0) is 6.92 Å². The van der Waals surface area contributed by atoms with Crippen LogP contribution in [0.3, 0.4) is 0 Å². The van der Waals surface area contributed by atoms with Crippen LogP contribution >= 0.6 is 15.9 Å². The van der Waals surface area contributed by atoms with Gasteiger partial charge in [-0.15, -0.1) is 0 Å². The highest BCUT2D eigenvalue weighted by Gasteiger charge is 2.04. The summed E-state index contributed by atoms with van der Waals surface area (Å²) in [6.45, 7) is 4.09. The van der Waals surface area contributed by atoms with Gasteiger partial charge in [-0.2, -0.15) is 0 Å². The van der Waals surface area contributed by atoms with Gasteiger partial charge < -0.3 is 4.74 Å². The molecule has 7 heavy (non-hydrogen) atoms. The molecule has 0 bridgehead atoms. The second-order valence-electron chi connectivity index (χ2n) is 1.62. The van der Waals surface area contributed by atoms with Crippen LogP contribution in [0.25, 0.3) is 0 Å². The number of alkyl halides is 1. The van der Waals surface area contributed by atoms with E-state index in [1.54, 1.807) is 7.11 Å². The van der Waals surface area contributed by atoms with E-state index in [9.17, 15) is 0 Å². The maximum atomic E-state index is 4.96. The lowest BCUT2D eigenvalue weighted by Gasteiger charge is -2.09. The molecule has 0 aliphatic rings. The average molecular weight is 167 g/mol. The second kappa shape index (κ2) is 3.44. The fraction of sp³-hybridized carbons (Fsp3) is 1.00. The average Bonchev–Trinajstić information content (AvgIpc) is 1.65. The monoisotopic (exact) mass is 166 g/mol. The van der Waals surface area contributed by atoms with E-state index < -0.39 is 0 Å². The van der Waals surface area contributed by atoms with E-state index in [2.05, 4.69) is 22.9 Å². The highest BCUT2D eigenvalue weighted by molar-refractivity contribution is 9.09. The van der Waals surface area contributed by atoms with Crippen LogP contribution in [-0.4, -0.2) is 18.0 Å². The van der Waals surface area contributed by atoms with Crippen molar-refractivity contribution < 1.29 is 4.74 Å². The zero-order valence-corrected chi connectivity index (χ0v) is 6.53. The van der Waals surface area contributed by atoms with E-state index in [0.29, 0.717) is 10.9 Å². The van der Waals surface area contributed by atoms with Crippen molar-refractivity contribution in [3.63, 3.8) is 0 Å². The van der Waals surface area contributed by atoms with Gasteiger partial charge in [-0.1, -0.05) is 22.9 Å². The van der Waals surface area contributed by atoms with E-state index in [1.165, 1.54) is 0 Å². The molecule has 0 fully saturated rings. The fourth-order valence-corrected chi connectivity index (χ4v) is 0.403. The van der Waals surface area contributed by atoms with Gasteiger partial charge in [0.25, 0.3) is 0 Å². The van der Waals surface area contributed by atoms with Gasteiger partial charge in [0, 0.05) is 11.9 Å². The summed E-state index contributed by atoms with van der Waals surface area (Å²) in [7, 11) is 1.71. The molecule has 0 aliphatic heterocycles. The molecule has 0 aromatic heterocycles. The van der Waals surface area contributed by atoms with Crippen LogP contribution in [0, 0.1) is 0 Å². The predicted molar refractivity (Wildman–Crippen MR) is 34.9 cm³/mol. The van der Waals surface area contributed by atoms with Crippen LogP contribution in [0.5, 0.6) is 0 Å². The van der Waals surface area contributed by atoms with Crippen molar-refractivity contribution in [3.8, 4) is 0 Å². The molecule has 0 spiro atoms. The largest absolute Gasteiger partial charge is 0.381 e. The highest BCUT2D eigenvalue weighted by Crippen LogP contribution is 2.05. The SMILES string of the molecule is COC(C)C(C)Br. The number of methoxy groups -OCH3 is 1. The van der Waals surface area contributed by atoms with Crippen LogP contribution in [0.4, 0.5) is 0 Å². The molecule has 0 aromatic rings. The van der Waals surface area contributed by atoms with Gasteiger partial charge in [0.05, 0.1) is 6.10 Å². The number of halogens is 1. The number of rotatable bonds is 2. The summed E-state index contributed by atoms with van der Waals surface area (Å²) in [5, 5.41) is 0. The molecule has 0 saturated heterocycles. The van der Waals surface area contributed by atoms with Crippen molar-refractivity contribution in [2.75, 3.05) is 7.11 Å². The Hall–Kier alpha value is 0.440. The van der Waals surface area contributed by atoms with Crippen molar-refractivity contribution in [1.82, 2.24) is 0 Å². The molecule has 0 radical (unpaired) electrons. The molecule has 0 saturated carbocycles. The summed E-state index contributed by atoms with van der Waals surface area (Å²) >= 11 is 3.37. The molecular weight excluding hydrogens is 156 g/mol. The molecule has 0 aliphatic carbocycles. The van der Waals surface area contributed by atoms with E-state index in [-0.39, 0.29) is 0 Å². The van der Waals surface area contributed by atoms with Crippen LogP contribution in [0.2, 0.25) is 0 Å². The molecule has 0 N–H and O–H groups in total. The van der Waals surface area contributed by atoms with Gasteiger partial charge in [-0.3, -0.25) is 0 Å². The third-order valence-electron chi connectivity index (χ3n) is 1.02. The standard InChI is InChI=1S/C5H11BrO/c1-4(6)5(2)7-3/h4-5H,1-3H3. The Labute approximate surface area is 53.2 Å². The Morgan fingerprint density at radius 3 is 1.86 bits per heavy atom. The van der Waals surface area contributed by atoms with E-state index >= 15 is 0 Å². The quantitative estimate of drug-likeness (QED) is 0.570. The zero-order valence-electron chi connectivity index (χ0n) is 4.94. The first-order chi connectivity index (χ1) is 3.18. The Morgan fingerprint density at radius 1 is 1.43 bits per heavy atom. The number of hydrogen-bond acceptors (Lipinski definition) is 1. The Bertz CT molecular complexity index is 45.3. The minimum atomic E-state index is 0.319. The van der Waals surface area contributed by atoms with Gasteiger partial charge in [0.1, 0.15) is 0 Å². The first-order valence-corrected chi connectivity index (χ1v) is 3.27. The molecule has 0 amide bonds. The maximum absolute atomic E-state index is 4.96. The number of ether oxygens (including phenoxy) is 1. The van der Waals surface area contributed by atoms with Crippen molar-refractivity contribution in [2.24, 2.45) is 0 Å². The smallest absolute Gasteiger partial charge is 0.0665 e. The Balaban J connectivity index is 3.14. The van der Waals surface area contributed by atoms with Crippen molar-refractivity contribution in [2.45, 2.75) is 24.8 Å². The third-order valence-corrected chi connectivity index (χ3v) is 1.76. The molecule has 0 aromatic carbocycles. The van der Waals surface area contributed by atoms with Crippen LogP contribution < -0.4 is 0 Å². The lowest BCUT2D eigenvalue weighted by atomic mass is 10.3. The van der Waals surface area contributed by atoms with Gasteiger partial charge in [0.15, 0.2) is 0 Å². The van der Waals surface area contributed by atoms with Crippen LogP contribution in [-0.2, 0) is 4.74 Å². The van der Waals surface area contributed by atoms with Crippen LogP contribution in [0.15, 0.2) is 0 Å². The summed E-state index contributed by atoms with van der Waals surface area (Å²) in [6.07, 6.45) is 0.319. The molecule has 1 nitrogen and oxygen atoms in total. The molecule has 0 heterocycles. The summed E-state index contributed by atoms with van der Waals surface area (Å²) < 4.78 is 4.96. The summed E-state index contributed by atoms with van der Waals surface area (Å²) in [6, 6.07) is 0. The highest BCUT2D eigenvalue weighted by atomic mass is 79.9. The minimum absolute atomic E-state index is 0.319. The van der Waals surface area contributed by atoms with E-state index in [4.69, 9.17) is 4.74 Å². The summed E-state index contributed by atoms with van der Waals surface area (Å²) in [5.74, 6) is 0. The molecular formula is C5H11BrO. The Kier molecular flexibility index (Phi) is 3.66. The first-order valence-electron chi connectivity index (χ1n) is 2.35. The van der Waals surface area contributed by atoms with Crippen molar-refractivity contribution in [3.05, 3.63) is 0 Å². The third kappa shape index (κ3) is 3.06. The minimum Gasteiger partial charge on any atom is -0.381 e. The van der Waals surface area contributed by atoms with Crippen molar-refractivity contribution in [1.29, 1.82) is 0 Å². The Morgan fingerprint density at radius 2 is 1.86 bits per heavy atom. The molecule has 44 valence electrons. The maximum Gasteiger partial charge on any atom is 0.0665 e. The first kappa shape index (κ1) is 7.44. The molecule has 0 rings (SSSR count). The molecule has 2 atom stereocenters. The fourth-order valence-electron chi connectivity index (χ4n) is 0.188.